The standard InChI is InChI=1S/C13H18F3N3/c1-2-18-6-8-19(9-7-18)10-11-4-3-5-17-12(11)13(14,15)16/h3-5H,2,6-10H2,1H3. The van der Waals surface area contributed by atoms with Gasteiger partial charge in [-0.3, -0.25) is 9.88 Å². The Labute approximate surface area is 111 Å². The van der Waals surface area contributed by atoms with Gasteiger partial charge in [-0.1, -0.05) is 13.0 Å². The molecule has 19 heavy (non-hydrogen) atoms. The maximum Gasteiger partial charge on any atom is 0.433 e. The summed E-state index contributed by atoms with van der Waals surface area (Å²) in [5, 5.41) is 0. The van der Waals surface area contributed by atoms with E-state index in [0.717, 1.165) is 32.7 Å². The summed E-state index contributed by atoms with van der Waals surface area (Å²) in [6.45, 7) is 6.85. The Hall–Kier alpha value is -1.14. The van der Waals surface area contributed by atoms with Gasteiger partial charge in [0.05, 0.1) is 0 Å². The van der Waals surface area contributed by atoms with Gasteiger partial charge in [-0.25, -0.2) is 0 Å². The van der Waals surface area contributed by atoms with E-state index in [1.54, 1.807) is 6.07 Å². The van der Waals surface area contributed by atoms with E-state index in [0.29, 0.717) is 6.54 Å². The van der Waals surface area contributed by atoms with E-state index >= 15 is 0 Å². The first-order valence-corrected chi connectivity index (χ1v) is 6.46. The third-order valence-electron chi connectivity index (χ3n) is 3.47. The fraction of sp³-hybridized carbons (Fsp3) is 0.615. The van der Waals surface area contributed by atoms with Crippen LogP contribution >= 0.6 is 0 Å². The van der Waals surface area contributed by atoms with Gasteiger partial charge in [0.25, 0.3) is 0 Å². The number of hydrogen-bond donors (Lipinski definition) is 0. The molecule has 0 unspecified atom stereocenters. The van der Waals surface area contributed by atoms with Crippen molar-refractivity contribution in [3.63, 3.8) is 0 Å². The number of pyridine rings is 1. The average molecular weight is 273 g/mol. The second kappa shape index (κ2) is 5.88. The quantitative estimate of drug-likeness (QED) is 0.842. The molecular weight excluding hydrogens is 255 g/mol. The molecule has 1 aromatic heterocycles. The zero-order chi connectivity index (χ0) is 13.9. The molecule has 1 aliphatic rings. The molecule has 106 valence electrons. The summed E-state index contributed by atoms with van der Waals surface area (Å²) < 4.78 is 38.5. The minimum absolute atomic E-state index is 0.264. The summed E-state index contributed by atoms with van der Waals surface area (Å²) in [5.74, 6) is 0. The number of alkyl halides is 3. The van der Waals surface area contributed by atoms with Crippen LogP contribution in [0.25, 0.3) is 0 Å². The fourth-order valence-electron chi connectivity index (χ4n) is 2.33. The highest BCUT2D eigenvalue weighted by Crippen LogP contribution is 2.30. The molecule has 2 heterocycles. The summed E-state index contributed by atoms with van der Waals surface area (Å²) in [6.07, 6.45) is -3.18. The molecule has 0 aliphatic carbocycles. The molecule has 0 saturated carbocycles. The number of nitrogens with zero attached hydrogens (tertiary/aromatic N) is 3. The van der Waals surface area contributed by atoms with Gasteiger partial charge in [-0.2, -0.15) is 13.2 Å². The fourth-order valence-corrected chi connectivity index (χ4v) is 2.33. The van der Waals surface area contributed by atoms with Gasteiger partial charge in [-0.05, 0) is 18.2 Å². The Bertz CT molecular complexity index is 412. The molecule has 0 atom stereocenters. The van der Waals surface area contributed by atoms with E-state index < -0.39 is 11.9 Å². The minimum Gasteiger partial charge on any atom is -0.301 e. The van der Waals surface area contributed by atoms with Crippen LogP contribution in [0.5, 0.6) is 0 Å². The lowest BCUT2D eigenvalue weighted by atomic mass is 10.1. The Morgan fingerprint density at radius 3 is 2.37 bits per heavy atom. The molecule has 0 spiro atoms. The van der Waals surface area contributed by atoms with E-state index in [2.05, 4.69) is 21.7 Å². The largest absolute Gasteiger partial charge is 0.433 e. The Kier molecular flexibility index (Phi) is 4.42. The number of piperazine rings is 1. The van der Waals surface area contributed by atoms with Crippen molar-refractivity contribution in [1.29, 1.82) is 0 Å². The first kappa shape index (κ1) is 14.3. The molecule has 2 rings (SSSR count). The van der Waals surface area contributed by atoms with Crippen LogP contribution in [-0.4, -0.2) is 47.5 Å². The molecule has 1 fully saturated rings. The third-order valence-corrected chi connectivity index (χ3v) is 3.47. The highest BCUT2D eigenvalue weighted by atomic mass is 19.4. The van der Waals surface area contributed by atoms with E-state index in [4.69, 9.17) is 0 Å². The highest BCUT2D eigenvalue weighted by Gasteiger charge is 2.35. The lowest BCUT2D eigenvalue weighted by Crippen LogP contribution is -2.45. The molecule has 6 heteroatoms. The van der Waals surface area contributed by atoms with Crippen molar-refractivity contribution in [3.05, 3.63) is 29.6 Å². The molecule has 0 aromatic carbocycles. The van der Waals surface area contributed by atoms with Crippen LogP contribution in [0.1, 0.15) is 18.2 Å². The molecule has 1 aromatic rings. The molecule has 3 nitrogen and oxygen atoms in total. The topological polar surface area (TPSA) is 19.4 Å². The first-order valence-electron chi connectivity index (χ1n) is 6.46. The average Bonchev–Trinajstić information content (AvgIpc) is 2.39. The lowest BCUT2D eigenvalue weighted by molar-refractivity contribution is -0.142. The van der Waals surface area contributed by atoms with Crippen LogP contribution in [0, 0.1) is 0 Å². The summed E-state index contributed by atoms with van der Waals surface area (Å²) in [4.78, 5) is 7.83. The molecule has 0 N–H and O–H groups in total. The zero-order valence-corrected chi connectivity index (χ0v) is 11.0. The smallest absolute Gasteiger partial charge is 0.301 e. The van der Waals surface area contributed by atoms with E-state index in [9.17, 15) is 13.2 Å². The molecule has 0 radical (unpaired) electrons. The normalized spacial score (nSPS) is 18.7. The maximum atomic E-state index is 12.8. The first-order chi connectivity index (χ1) is 9.00. The van der Waals surface area contributed by atoms with E-state index in [-0.39, 0.29) is 5.56 Å². The molecule has 1 saturated heterocycles. The van der Waals surface area contributed by atoms with Crippen molar-refractivity contribution in [2.24, 2.45) is 0 Å². The molecule has 0 bridgehead atoms. The minimum atomic E-state index is -4.37. The lowest BCUT2D eigenvalue weighted by Gasteiger charge is -2.34. The van der Waals surface area contributed by atoms with Crippen LogP contribution < -0.4 is 0 Å². The number of rotatable bonds is 3. The molecular formula is C13H18F3N3. The monoisotopic (exact) mass is 273 g/mol. The van der Waals surface area contributed by atoms with Gasteiger partial charge in [0.2, 0.25) is 0 Å². The van der Waals surface area contributed by atoms with Gasteiger partial charge in [0.1, 0.15) is 5.69 Å². The summed E-state index contributed by atoms with van der Waals surface area (Å²) >= 11 is 0. The van der Waals surface area contributed by atoms with Gasteiger partial charge in [-0.15, -0.1) is 0 Å². The number of likely N-dealkylation sites (N-methyl/N-ethyl adjacent to an activating group) is 1. The van der Waals surface area contributed by atoms with Crippen molar-refractivity contribution in [1.82, 2.24) is 14.8 Å². The SMILES string of the molecule is CCN1CCN(Cc2cccnc2C(F)(F)F)CC1. The Balaban J connectivity index is 2.04. The van der Waals surface area contributed by atoms with Crippen LogP contribution in [0.3, 0.4) is 0 Å². The van der Waals surface area contributed by atoms with E-state index in [1.165, 1.54) is 12.3 Å². The van der Waals surface area contributed by atoms with Crippen LogP contribution in [0.4, 0.5) is 13.2 Å². The van der Waals surface area contributed by atoms with Crippen molar-refractivity contribution >= 4 is 0 Å². The van der Waals surface area contributed by atoms with Crippen LogP contribution in [0.15, 0.2) is 18.3 Å². The second-order valence-electron chi connectivity index (χ2n) is 4.72. The Morgan fingerprint density at radius 1 is 1.16 bits per heavy atom. The van der Waals surface area contributed by atoms with Gasteiger partial charge in [0, 0.05) is 38.9 Å². The molecule has 1 aliphatic heterocycles. The van der Waals surface area contributed by atoms with E-state index in [1.807, 2.05) is 0 Å². The summed E-state index contributed by atoms with van der Waals surface area (Å²) in [5.41, 5.74) is -0.493. The number of aromatic nitrogens is 1. The zero-order valence-electron chi connectivity index (χ0n) is 11.0. The summed E-state index contributed by atoms with van der Waals surface area (Å²) in [6, 6.07) is 3.08. The maximum absolute atomic E-state index is 12.8. The van der Waals surface area contributed by atoms with Gasteiger partial charge < -0.3 is 4.90 Å². The van der Waals surface area contributed by atoms with Crippen LogP contribution in [0.2, 0.25) is 0 Å². The van der Waals surface area contributed by atoms with Crippen molar-refractivity contribution in [2.75, 3.05) is 32.7 Å². The van der Waals surface area contributed by atoms with Gasteiger partial charge >= 0.3 is 6.18 Å². The predicted molar refractivity (Wildman–Crippen MR) is 66.6 cm³/mol. The number of halogens is 3. The highest BCUT2D eigenvalue weighted by molar-refractivity contribution is 5.22. The van der Waals surface area contributed by atoms with Crippen molar-refractivity contribution in [3.8, 4) is 0 Å². The van der Waals surface area contributed by atoms with Crippen LogP contribution in [-0.2, 0) is 12.7 Å². The van der Waals surface area contributed by atoms with Crippen molar-refractivity contribution < 1.29 is 13.2 Å². The summed E-state index contributed by atoms with van der Waals surface area (Å²) in [7, 11) is 0. The Morgan fingerprint density at radius 2 is 1.79 bits per heavy atom. The van der Waals surface area contributed by atoms with Crippen molar-refractivity contribution in [2.45, 2.75) is 19.6 Å². The number of hydrogen-bond acceptors (Lipinski definition) is 3. The predicted octanol–water partition coefficient (Wildman–Crippen LogP) is 2.24. The second-order valence-corrected chi connectivity index (χ2v) is 4.72. The molecule has 0 amide bonds. The van der Waals surface area contributed by atoms with Gasteiger partial charge in [0.15, 0.2) is 0 Å². The third kappa shape index (κ3) is 3.67.